The summed E-state index contributed by atoms with van der Waals surface area (Å²) >= 11 is 5.86. The van der Waals surface area contributed by atoms with Gasteiger partial charge in [0, 0.05) is 10.6 Å². The third-order valence-electron chi connectivity index (χ3n) is 5.47. The number of benzene rings is 3. The van der Waals surface area contributed by atoms with E-state index < -0.39 is 22.8 Å². The minimum Gasteiger partial charge on any atom is -0.493 e. The summed E-state index contributed by atoms with van der Waals surface area (Å²) in [6.45, 7) is 3.72. The van der Waals surface area contributed by atoms with Crippen LogP contribution in [0, 0.1) is 16.0 Å². The quantitative estimate of drug-likeness (QED) is 0.206. The Morgan fingerprint density at radius 3 is 2.37 bits per heavy atom. The zero-order chi connectivity index (χ0) is 27.7. The van der Waals surface area contributed by atoms with Crippen LogP contribution in [0.15, 0.2) is 71.8 Å². The molecule has 0 aliphatic heterocycles. The molecule has 3 aromatic carbocycles. The molecule has 0 fully saturated rings. The molecule has 0 radical (unpaired) electrons. The molecule has 38 heavy (non-hydrogen) atoms. The Labute approximate surface area is 224 Å². The molecule has 0 saturated heterocycles. The zero-order valence-electron chi connectivity index (χ0n) is 21.0. The van der Waals surface area contributed by atoms with Crippen molar-refractivity contribution in [1.29, 1.82) is 0 Å². The molecule has 3 rings (SSSR count). The Morgan fingerprint density at radius 2 is 1.76 bits per heavy atom. The van der Waals surface area contributed by atoms with E-state index in [2.05, 4.69) is 15.8 Å². The summed E-state index contributed by atoms with van der Waals surface area (Å²) in [6, 6.07) is 17.3. The van der Waals surface area contributed by atoms with Gasteiger partial charge in [-0.05, 0) is 41.8 Å². The van der Waals surface area contributed by atoms with E-state index in [1.807, 2.05) is 30.3 Å². The molecular weight excluding hydrogens is 512 g/mol. The van der Waals surface area contributed by atoms with Crippen molar-refractivity contribution >= 4 is 35.3 Å². The van der Waals surface area contributed by atoms with Crippen LogP contribution in [-0.4, -0.2) is 36.1 Å². The third-order valence-corrected chi connectivity index (χ3v) is 5.72. The van der Waals surface area contributed by atoms with E-state index in [1.54, 1.807) is 38.1 Å². The van der Waals surface area contributed by atoms with E-state index in [0.717, 1.165) is 11.8 Å². The second-order valence-corrected chi connectivity index (χ2v) is 8.97. The molecule has 1 unspecified atom stereocenters. The number of hydrazone groups is 1. The second-order valence-electron chi connectivity index (χ2n) is 8.53. The van der Waals surface area contributed by atoms with Gasteiger partial charge in [0.1, 0.15) is 12.6 Å². The highest BCUT2D eigenvalue weighted by atomic mass is 35.5. The normalized spacial score (nSPS) is 11.7. The number of methoxy groups -OCH3 is 1. The molecule has 0 bridgehead atoms. The predicted octanol–water partition coefficient (Wildman–Crippen LogP) is 4.74. The highest BCUT2D eigenvalue weighted by Crippen LogP contribution is 2.34. The van der Waals surface area contributed by atoms with Gasteiger partial charge in [-0.1, -0.05) is 55.8 Å². The number of halogens is 1. The fourth-order valence-electron chi connectivity index (χ4n) is 3.43. The molecule has 0 aliphatic carbocycles. The van der Waals surface area contributed by atoms with Gasteiger partial charge in [-0.25, -0.2) is 5.43 Å². The van der Waals surface area contributed by atoms with Crippen molar-refractivity contribution in [2.75, 3.05) is 7.11 Å². The third kappa shape index (κ3) is 7.53. The van der Waals surface area contributed by atoms with Crippen molar-refractivity contribution in [2.45, 2.75) is 26.5 Å². The maximum atomic E-state index is 12.8. The average Bonchev–Trinajstić information content (AvgIpc) is 2.91. The number of amides is 2. The van der Waals surface area contributed by atoms with Crippen molar-refractivity contribution in [3.63, 3.8) is 0 Å². The first-order valence-electron chi connectivity index (χ1n) is 11.6. The minimum atomic E-state index is -0.909. The molecular formula is C27H27ClN4O6. The average molecular weight is 539 g/mol. The van der Waals surface area contributed by atoms with Gasteiger partial charge in [0.05, 0.1) is 29.9 Å². The van der Waals surface area contributed by atoms with E-state index in [1.165, 1.54) is 19.2 Å². The van der Waals surface area contributed by atoms with Crippen LogP contribution >= 0.6 is 11.6 Å². The maximum Gasteiger partial charge on any atom is 0.282 e. The number of hydrogen-bond donors (Lipinski definition) is 2. The van der Waals surface area contributed by atoms with E-state index in [0.29, 0.717) is 10.6 Å². The van der Waals surface area contributed by atoms with Crippen molar-refractivity contribution in [3.05, 3.63) is 98.6 Å². The highest BCUT2D eigenvalue weighted by Gasteiger charge is 2.25. The summed E-state index contributed by atoms with van der Waals surface area (Å²) in [4.78, 5) is 36.5. The molecule has 10 nitrogen and oxygen atoms in total. The van der Waals surface area contributed by atoms with Crippen LogP contribution in [0.5, 0.6) is 11.5 Å². The number of nitro groups is 1. The largest absolute Gasteiger partial charge is 0.493 e. The minimum absolute atomic E-state index is 0.0884. The Morgan fingerprint density at radius 1 is 1.08 bits per heavy atom. The van der Waals surface area contributed by atoms with Crippen LogP contribution < -0.4 is 20.2 Å². The Balaban J connectivity index is 1.74. The molecule has 0 saturated carbocycles. The number of carbonyl (C=O) groups excluding carboxylic acids is 2. The van der Waals surface area contributed by atoms with Gasteiger partial charge in [0.15, 0.2) is 11.5 Å². The van der Waals surface area contributed by atoms with Crippen LogP contribution in [0.25, 0.3) is 0 Å². The Hall–Kier alpha value is -4.44. The van der Waals surface area contributed by atoms with Gasteiger partial charge in [-0.3, -0.25) is 19.7 Å². The van der Waals surface area contributed by atoms with Crippen molar-refractivity contribution < 1.29 is 24.0 Å². The lowest BCUT2D eigenvalue weighted by atomic mass is 10.0. The summed E-state index contributed by atoms with van der Waals surface area (Å²) in [5.41, 5.74) is 3.37. The van der Waals surface area contributed by atoms with Crippen LogP contribution in [0.4, 0.5) is 5.69 Å². The van der Waals surface area contributed by atoms with Crippen molar-refractivity contribution in [1.82, 2.24) is 10.7 Å². The van der Waals surface area contributed by atoms with E-state index in [9.17, 15) is 19.7 Å². The number of nitrogens with zero attached hydrogens (tertiary/aromatic N) is 2. The number of nitro benzene ring substituents is 1. The molecule has 0 aliphatic rings. The smallest absolute Gasteiger partial charge is 0.282 e. The SMILES string of the molecule is COc1cc(C=NNC(=O)C(NC(=O)c2ccc(Cl)cc2)C(C)C)c([N+](=O)[O-])cc1OCc1ccccc1. The number of ether oxygens (including phenoxy) is 2. The van der Waals surface area contributed by atoms with E-state index in [-0.39, 0.29) is 35.3 Å². The predicted molar refractivity (Wildman–Crippen MR) is 144 cm³/mol. The molecule has 0 aromatic heterocycles. The monoisotopic (exact) mass is 538 g/mol. The summed E-state index contributed by atoms with van der Waals surface area (Å²) in [5.74, 6) is -0.859. The lowest BCUT2D eigenvalue weighted by Gasteiger charge is -2.20. The van der Waals surface area contributed by atoms with Gasteiger partial charge in [-0.15, -0.1) is 0 Å². The molecule has 2 N–H and O–H groups in total. The van der Waals surface area contributed by atoms with Gasteiger partial charge in [0.2, 0.25) is 0 Å². The molecule has 0 spiro atoms. The van der Waals surface area contributed by atoms with Crippen molar-refractivity contribution in [2.24, 2.45) is 11.0 Å². The van der Waals surface area contributed by atoms with Crippen molar-refractivity contribution in [3.8, 4) is 11.5 Å². The van der Waals surface area contributed by atoms with Crippen LogP contribution in [0.1, 0.15) is 35.3 Å². The number of rotatable bonds is 11. The topological polar surface area (TPSA) is 132 Å². The summed E-state index contributed by atoms with van der Waals surface area (Å²) in [6.07, 6.45) is 1.14. The number of nitrogens with one attached hydrogen (secondary N) is 2. The van der Waals surface area contributed by atoms with E-state index >= 15 is 0 Å². The van der Waals surface area contributed by atoms with Crippen LogP contribution in [0.2, 0.25) is 5.02 Å². The van der Waals surface area contributed by atoms with Crippen LogP contribution in [0.3, 0.4) is 0 Å². The standard InChI is InChI=1S/C27H27ClN4O6/c1-17(2)25(30-26(33)19-9-11-21(28)12-10-19)27(34)31-29-15-20-13-23(37-3)24(14-22(20)32(35)36)38-16-18-7-5-4-6-8-18/h4-15,17,25H,16H2,1-3H3,(H,30,33)(H,31,34). The molecule has 2 amide bonds. The Kier molecular flexibility index (Phi) is 9.78. The molecule has 1 atom stereocenters. The highest BCUT2D eigenvalue weighted by molar-refractivity contribution is 6.30. The number of hydrogen-bond acceptors (Lipinski definition) is 7. The van der Waals surface area contributed by atoms with Gasteiger partial charge >= 0.3 is 0 Å². The van der Waals surface area contributed by atoms with Gasteiger partial charge in [0.25, 0.3) is 17.5 Å². The lowest BCUT2D eigenvalue weighted by molar-refractivity contribution is -0.385. The first-order valence-corrected chi connectivity index (χ1v) is 12.0. The molecule has 3 aromatic rings. The summed E-state index contributed by atoms with van der Waals surface area (Å²) in [7, 11) is 1.41. The second kappa shape index (κ2) is 13.2. The molecule has 11 heteroatoms. The maximum absolute atomic E-state index is 12.8. The zero-order valence-corrected chi connectivity index (χ0v) is 21.8. The van der Waals surface area contributed by atoms with Crippen LogP contribution in [-0.2, 0) is 11.4 Å². The molecule has 0 heterocycles. The summed E-state index contributed by atoms with van der Waals surface area (Å²) < 4.78 is 11.1. The summed E-state index contributed by atoms with van der Waals surface area (Å²) in [5, 5.41) is 18.8. The van der Waals surface area contributed by atoms with E-state index in [4.69, 9.17) is 21.1 Å². The fraction of sp³-hybridized carbons (Fsp3) is 0.222. The first kappa shape index (κ1) is 28.1. The lowest BCUT2D eigenvalue weighted by Crippen LogP contribution is -2.48. The Bertz CT molecular complexity index is 1310. The first-order chi connectivity index (χ1) is 18.2. The molecule has 198 valence electrons. The van der Waals surface area contributed by atoms with Gasteiger partial charge < -0.3 is 14.8 Å². The fourth-order valence-corrected chi connectivity index (χ4v) is 3.56. The number of carbonyl (C=O) groups is 2. The van der Waals surface area contributed by atoms with Gasteiger partial charge in [-0.2, -0.15) is 5.10 Å².